The van der Waals surface area contributed by atoms with Gasteiger partial charge in [-0.1, -0.05) is 0 Å². The zero-order valence-corrected chi connectivity index (χ0v) is 6.98. The molecule has 0 radical (unpaired) electrons. The molecule has 2 nitrogen and oxygen atoms in total. The first-order chi connectivity index (χ1) is 1.41. The molecular formula is O2SiU. The maximum atomic E-state index is 8.40. The second kappa shape index (κ2) is 9.12. The maximum absolute atomic E-state index is 8.40. The van der Waals surface area contributed by atoms with E-state index in [1.165, 1.54) is 0 Å². The fourth-order valence-corrected chi connectivity index (χ4v) is 0. The Morgan fingerprint density at radius 3 is 1.25 bits per heavy atom. The van der Waals surface area contributed by atoms with Gasteiger partial charge >= 0.3 is 9.29 Å². The van der Waals surface area contributed by atoms with Crippen molar-refractivity contribution in [2.24, 2.45) is 0 Å². The first-order valence-corrected chi connectivity index (χ1v) is 1.22. The van der Waals surface area contributed by atoms with Crippen LogP contribution < -0.4 is 0 Å². The third kappa shape index (κ3) is 13.3. The van der Waals surface area contributed by atoms with Crippen molar-refractivity contribution in [3.63, 3.8) is 0 Å². The smallest absolute Gasteiger partial charge is 0.274 e. The molecule has 0 N–H and O–H groups in total. The molecule has 0 bridgehead atoms. The van der Waals surface area contributed by atoms with Gasteiger partial charge in [0.05, 0.1) is 0 Å². The van der Waals surface area contributed by atoms with E-state index in [9.17, 15) is 0 Å². The molecule has 0 aromatic heterocycles. The van der Waals surface area contributed by atoms with Crippen molar-refractivity contribution in [1.82, 2.24) is 0 Å². The van der Waals surface area contributed by atoms with E-state index in [-0.39, 0.29) is 31.1 Å². The Balaban J connectivity index is 0. The summed E-state index contributed by atoms with van der Waals surface area (Å²) in [5, 5.41) is 0. The van der Waals surface area contributed by atoms with Gasteiger partial charge < -0.3 is 0 Å². The Hall–Kier alpha value is 0.869. The summed E-state index contributed by atoms with van der Waals surface area (Å²) >= 11 is 0. The molecule has 0 atom stereocenters. The van der Waals surface area contributed by atoms with E-state index in [1.54, 1.807) is 0 Å². The predicted molar refractivity (Wildman–Crippen MR) is 7.13 cm³/mol. The van der Waals surface area contributed by atoms with Gasteiger partial charge in [0.1, 0.15) is 0 Å². The molecular weight excluding hydrogens is 298 g/mol. The molecule has 0 amide bonds. The summed E-state index contributed by atoms with van der Waals surface area (Å²) in [5.74, 6) is 0. The van der Waals surface area contributed by atoms with Crippen LogP contribution in [0.1, 0.15) is 0 Å². The fraction of sp³-hybridized carbons (Fsp3) is 0. The Labute approximate surface area is 49.3 Å². The molecule has 0 heterocycles. The molecule has 20 valence electrons. The summed E-state index contributed by atoms with van der Waals surface area (Å²) in [6, 6.07) is 0. The van der Waals surface area contributed by atoms with Gasteiger partial charge in [-0.05, 0) is 0 Å². The molecule has 0 aliphatic rings. The van der Waals surface area contributed by atoms with Crippen molar-refractivity contribution in [1.29, 1.82) is 0 Å². The number of rotatable bonds is 0. The maximum Gasteiger partial charge on any atom is 0.549 e. The molecule has 0 saturated carbocycles. The van der Waals surface area contributed by atoms with Crippen LogP contribution in [0.25, 0.3) is 0 Å². The van der Waals surface area contributed by atoms with Gasteiger partial charge in [-0.25, -0.2) is 0 Å². The van der Waals surface area contributed by atoms with Crippen LogP contribution in [0.4, 0.5) is 0 Å². The standard InChI is InChI=1S/O2Si.U/c1-3-2;. The summed E-state index contributed by atoms with van der Waals surface area (Å²) in [5.41, 5.74) is 0. The number of hydrogen-bond acceptors (Lipinski definition) is 2. The van der Waals surface area contributed by atoms with Crippen LogP contribution in [-0.4, -0.2) is 9.29 Å². The topological polar surface area (TPSA) is 34.1 Å². The second-order valence-electron chi connectivity index (χ2n) is 0.0833. The molecule has 0 fully saturated rings. The van der Waals surface area contributed by atoms with Crippen molar-refractivity contribution in [3.05, 3.63) is 0 Å². The molecule has 0 saturated heterocycles. The largest absolute Gasteiger partial charge is 0.549 e. The third-order valence-corrected chi connectivity index (χ3v) is 0. The van der Waals surface area contributed by atoms with Crippen LogP contribution in [0.2, 0.25) is 0 Å². The molecule has 0 aliphatic carbocycles. The van der Waals surface area contributed by atoms with Gasteiger partial charge in [0.2, 0.25) is 0 Å². The van der Waals surface area contributed by atoms with Gasteiger partial charge in [0.25, 0.3) is 0 Å². The molecule has 4 heavy (non-hydrogen) atoms. The normalized spacial score (nSPS) is 2.00. The van der Waals surface area contributed by atoms with Crippen molar-refractivity contribution in [3.8, 4) is 0 Å². The monoisotopic (exact) mass is 298 g/mol. The van der Waals surface area contributed by atoms with E-state index in [1.807, 2.05) is 0 Å². The number of hydrogen-bond donors (Lipinski definition) is 0. The average Bonchev–Trinajstić information content (AvgIpc) is 0.918. The van der Waals surface area contributed by atoms with E-state index in [0.29, 0.717) is 0 Å². The van der Waals surface area contributed by atoms with Crippen LogP contribution in [0.5, 0.6) is 0 Å². The van der Waals surface area contributed by atoms with Crippen molar-refractivity contribution >= 4 is 9.29 Å². The van der Waals surface area contributed by atoms with Crippen LogP contribution in [-0.2, 0) is 8.92 Å². The molecule has 0 aliphatic heterocycles. The first kappa shape index (κ1) is 8.85. The minimum absolute atomic E-state index is 0. The SMILES string of the molecule is O=[Si]=O.[U]. The van der Waals surface area contributed by atoms with Crippen LogP contribution in [0, 0.1) is 31.1 Å². The van der Waals surface area contributed by atoms with Crippen LogP contribution in [0.3, 0.4) is 0 Å². The molecule has 0 rings (SSSR count). The summed E-state index contributed by atoms with van der Waals surface area (Å²) in [6.07, 6.45) is 0. The fourth-order valence-electron chi connectivity index (χ4n) is 0. The van der Waals surface area contributed by atoms with E-state index < -0.39 is 9.29 Å². The van der Waals surface area contributed by atoms with Crippen LogP contribution in [0.15, 0.2) is 0 Å². The zero-order valence-electron chi connectivity index (χ0n) is 1.82. The Morgan fingerprint density at radius 1 is 1.25 bits per heavy atom. The van der Waals surface area contributed by atoms with Gasteiger partial charge in [0.15, 0.2) is 0 Å². The molecule has 0 aromatic carbocycles. The van der Waals surface area contributed by atoms with Crippen molar-refractivity contribution in [2.45, 2.75) is 0 Å². The Bertz CT molecular complexity index is 27.0. The molecule has 4 heteroatoms. The van der Waals surface area contributed by atoms with E-state index in [0.717, 1.165) is 0 Å². The van der Waals surface area contributed by atoms with Gasteiger partial charge in [0, 0.05) is 31.1 Å². The van der Waals surface area contributed by atoms with E-state index in [4.69, 9.17) is 8.92 Å². The summed E-state index contributed by atoms with van der Waals surface area (Å²) in [6.45, 7) is 0. The first-order valence-electron chi connectivity index (χ1n) is 0.408. The quantitative estimate of drug-likeness (QED) is 0.559. The predicted octanol–water partition coefficient (Wildman–Crippen LogP) is -0.618. The Kier molecular flexibility index (Phi) is 20.2. The van der Waals surface area contributed by atoms with Gasteiger partial charge in [-0.15, -0.1) is 0 Å². The molecule has 0 aromatic rings. The van der Waals surface area contributed by atoms with E-state index >= 15 is 0 Å². The third-order valence-electron chi connectivity index (χ3n) is 0. The van der Waals surface area contributed by atoms with Gasteiger partial charge in [-0.2, -0.15) is 0 Å². The molecule has 0 unspecified atom stereocenters. The minimum atomic E-state index is -1.42. The zero-order chi connectivity index (χ0) is 2.71. The minimum Gasteiger partial charge on any atom is -0.274 e. The summed E-state index contributed by atoms with van der Waals surface area (Å²) in [7, 11) is -1.42. The second-order valence-corrected chi connectivity index (χ2v) is 0.250. The summed E-state index contributed by atoms with van der Waals surface area (Å²) < 4.78 is 16.8. The summed E-state index contributed by atoms with van der Waals surface area (Å²) in [4.78, 5) is 0. The van der Waals surface area contributed by atoms with Crippen molar-refractivity contribution in [2.75, 3.05) is 0 Å². The van der Waals surface area contributed by atoms with Crippen molar-refractivity contribution < 1.29 is 40.0 Å². The van der Waals surface area contributed by atoms with Gasteiger partial charge in [-0.3, -0.25) is 8.92 Å². The Morgan fingerprint density at radius 2 is 1.25 bits per heavy atom. The average molecular weight is 298 g/mol. The van der Waals surface area contributed by atoms with Crippen LogP contribution >= 0.6 is 0 Å². The van der Waals surface area contributed by atoms with E-state index in [2.05, 4.69) is 0 Å². The molecule has 0 spiro atoms.